The first kappa shape index (κ1) is 15.3. The molecule has 1 N–H and O–H groups in total. The number of thioether (sulfide) groups is 1. The third kappa shape index (κ3) is 5.27. The minimum Gasteiger partial charge on any atom is -0.467 e. The van der Waals surface area contributed by atoms with Crippen molar-refractivity contribution in [3.05, 3.63) is 0 Å². The zero-order chi connectivity index (χ0) is 13.5. The molecule has 1 saturated heterocycles. The number of hydrogen-bond acceptors (Lipinski definition) is 5. The van der Waals surface area contributed by atoms with Crippen molar-refractivity contribution in [2.75, 3.05) is 18.6 Å². The van der Waals surface area contributed by atoms with Crippen LogP contribution in [0.25, 0.3) is 0 Å². The molecule has 0 aromatic carbocycles. The second kappa shape index (κ2) is 7.63. The number of rotatable bonds is 6. The van der Waals surface area contributed by atoms with Crippen LogP contribution in [0.2, 0.25) is 0 Å². The molecule has 18 heavy (non-hydrogen) atoms. The topological polar surface area (TPSA) is 64.6 Å². The molecule has 1 aliphatic rings. The van der Waals surface area contributed by atoms with E-state index >= 15 is 0 Å². The molecule has 1 aliphatic heterocycles. The predicted molar refractivity (Wildman–Crippen MR) is 70.5 cm³/mol. The van der Waals surface area contributed by atoms with E-state index in [4.69, 9.17) is 4.74 Å². The van der Waals surface area contributed by atoms with Crippen LogP contribution in [0.5, 0.6) is 0 Å². The van der Waals surface area contributed by atoms with Crippen molar-refractivity contribution in [1.82, 2.24) is 5.32 Å². The molecule has 5 nitrogen and oxygen atoms in total. The average Bonchev–Trinajstić information content (AvgIpc) is 2.72. The molecule has 104 valence electrons. The van der Waals surface area contributed by atoms with Crippen LogP contribution in [0.3, 0.4) is 0 Å². The van der Waals surface area contributed by atoms with Crippen molar-refractivity contribution in [2.24, 2.45) is 0 Å². The fraction of sp³-hybridized carbons (Fsp3) is 0.833. The minimum absolute atomic E-state index is 0.225. The Kier molecular flexibility index (Phi) is 6.49. The maximum Gasteiger partial charge on any atom is 0.329 e. The number of ether oxygens (including phenoxy) is 2. The van der Waals surface area contributed by atoms with Gasteiger partial charge in [0.15, 0.2) is 0 Å². The van der Waals surface area contributed by atoms with E-state index < -0.39 is 12.0 Å². The molecule has 0 aromatic heterocycles. The Balaban J connectivity index is 2.28. The molecular weight excluding hydrogens is 254 g/mol. The average molecular weight is 275 g/mol. The smallest absolute Gasteiger partial charge is 0.329 e. The van der Waals surface area contributed by atoms with Gasteiger partial charge in [-0.25, -0.2) is 4.79 Å². The standard InChI is InChI=1S/C12H21NO4S/c1-8-4-5-10(17-8)6-18-7-11(12(15)16-3)13-9(2)14/h8,10-11H,4-7H2,1-3H3,(H,13,14)/t8?,10?,11-/m0/s1. The SMILES string of the molecule is COC(=O)[C@H](CSCC1CCC(C)O1)NC(C)=O. The highest BCUT2D eigenvalue weighted by atomic mass is 32.2. The Hall–Kier alpha value is -0.750. The summed E-state index contributed by atoms with van der Waals surface area (Å²) in [7, 11) is 1.32. The van der Waals surface area contributed by atoms with Gasteiger partial charge in [-0.3, -0.25) is 4.79 Å². The molecule has 0 aliphatic carbocycles. The molecular formula is C12H21NO4S. The second-order valence-corrected chi connectivity index (χ2v) is 5.53. The molecule has 0 bridgehead atoms. The van der Waals surface area contributed by atoms with E-state index in [1.807, 2.05) is 0 Å². The molecule has 2 unspecified atom stereocenters. The van der Waals surface area contributed by atoms with E-state index in [1.165, 1.54) is 14.0 Å². The Morgan fingerprint density at radius 1 is 1.50 bits per heavy atom. The molecule has 1 fully saturated rings. The predicted octanol–water partition coefficient (Wildman–Crippen LogP) is 0.965. The summed E-state index contributed by atoms with van der Waals surface area (Å²) in [6.45, 7) is 3.46. The van der Waals surface area contributed by atoms with Crippen LogP contribution >= 0.6 is 11.8 Å². The van der Waals surface area contributed by atoms with Crippen LogP contribution in [0.1, 0.15) is 26.7 Å². The Morgan fingerprint density at radius 2 is 2.22 bits per heavy atom. The normalized spacial score (nSPS) is 24.6. The highest BCUT2D eigenvalue weighted by Gasteiger charge is 2.24. The summed E-state index contributed by atoms with van der Waals surface area (Å²) in [5.41, 5.74) is 0. The van der Waals surface area contributed by atoms with Crippen molar-refractivity contribution in [3.63, 3.8) is 0 Å². The number of methoxy groups -OCH3 is 1. The number of carbonyl (C=O) groups excluding carboxylic acids is 2. The van der Waals surface area contributed by atoms with Crippen molar-refractivity contribution < 1.29 is 19.1 Å². The molecule has 0 aromatic rings. The molecule has 1 amide bonds. The monoisotopic (exact) mass is 275 g/mol. The van der Waals surface area contributed by atoms with E-state index in [9.17, 15) is 9.59 Å². The van der Waals surface area contributed by atoms with Crippen LogP contribution in [0, 0.1) is 0 Å². The van der Waals surface area contributed by atoms with Crippen molar-refractivity contribution >= 4 is 23.6 Å². The first-order valence-electron chi connectivity index (χ1n) is 6.11. The summed E-state index contributed by atoms with van der Waals surface area (Å²) in [4.78, 5) is 22.4. The zero-order valence-electron chi connectivity index (χ0n) is 11.1. The lowest BCUT2D eigenvalue weighted by molar-refractivity contribution is -0.144. The van der Waals surface area contributed by atoms with Crippen LogP contribution in [0.4, 0.5) is 0 Å². The van der Waals surface area contributed by atoms with Gasteiger partial charge in [-0.1, -0.05) is 0 Å². The van der Waals surface area contributed by atoms with Gasteiger partial charge in [0.2, 0.25) is 5.91 Å². The first-order valence-corrected chi connectivity index (χ1v) is 7.26. The van der Waals surface area contributed by atoms with Crippen LogP contribution < -0.4 is 5.32 Å². The third-order valence-corrected chi connectivity index (χ3v) is 3.95. The lowest BCUT2D eigenvalue weighted by Crippen LogP contribution is -2.42. The summed E-state index contributed by atoms with van der Waals surface area (Å²) in [5.74, 6) is 0.730. The number of hydrogen-bond donors (Lipinski definition) is 1. The molecule has 3 atom stereocenters. The molecule has 0 spiro atoms. The molecule has 1 rings (SSSR count). The summed E-state index contributed by atoms with van der Waals surface area (Å²) >= 11 is 1.61. The van der Waals surface area contributed by atoms with E-state index in [0.717, 1.165) is 18.6 Å². The fourth-order valence-corrected chi connectivity index (χ4v) is 2.98. The van der Waals surface area contributed by atoms with Crippen LogP contribution in [-0.4, -0.2) is 48.7 Å². The van der Waals surface area contributed by atoms with Gasteiger partial charge in [-0.2, -0.15) is 11.8 Å². The second-order valence-electron chi connectivity index (χ2n) is 4.46. The molecule has 0 saturated carbocycles. The van der Waals surface area contributed by atoms with E-state index in [2.05, 4.69) is 17.0 Å². The summed E-state index contributed by atoms with van der Waals surface area (Å²) in [5, 5.41) is 2.59. The minimum atomic E-state index is -0.573. The number of esters is 1. The fourth-order valence-electron chi connectivity index (χ4n) is 1.88. The highest BCUT2D eigenvalue weighted by molar-refractivity contribution is 7.99. The van der Waals surface area contributed by atoms with Gasteiger partial charge in [0.1, 0.15) is 6.04 Å². The van der Waals surface area contributed by atoms with Crippen molar-refractivity contribution in [2.45, 2.75) is 44.9 Å². The maximum atomic E-state index is 11.4. The maximum absolute atomic E-state index is 11.4. The Bertz CT molecular complexity index is 298. The van der Waals surface area contributed by atoms with E-state index in [0.29, 0.717) is 11.9 Å². The number of amides is 1. The van der Waals surface area contributed by atoms with Gasteiger partial charge in [0.25, 0.3) is 0 Å². The first-order chi connectivity index (χ1) is 8.52. The van der Waals surface area contributed by atoms with Gasteiger partial charge in [-0.05, 0) is 19.8 Å². The Labute approximate surface area is 112 Å². The van der Waals surface area contributed by atoms with Crippen molar-refractivity contribution in [3.8, 4) is 0 Å². The number of carbonyl (C=O) groups is 2. The number of nitrogens with one attached hydrogen (secondary N) is 1. The summed E-state index contributed by atoms with van der Waals surface area (Å²) in [6, 6.07) is -0.573. The molecule has 1 heterocycles. The third-order valence-electron chi connectivity index (χ3n) is 2.77. The lowest BCUT2D eigenvalue weighted by Gasteiger charge is -2.16. The van der Waals surface area contributed by atoms with Crippen LogP contribution in [0.15, 0.2) is 0 Å². The zero-order valence-corrected chi connectivity index (χ0v) is 11.9. The van der Waals surface area contributed by atoms with Gasteiger partial charge in [0, 0.05) is 18.4 Å². The van der Waals surface area contributed by atoms with Gasteiger partial charge in [-0.15, -0.1) is 0 Å². The highest BCUT2D eigenvalue weighted by Crippen LogP contribution is 2.22. The van der Waals surface area contributed by atoms with Gasteiger partial charge in [0.05, 0.1) is 19.3 Å². The van der Waals surface area contributed by atoms with Crippen LogP contribution in [-0.2, 0) is 19.1 Å². The largest absolute Gasteiger partial charge is 0.467 e. The Morgan fingerprint density at radius 3 is 2.72 bits per heavy atom. The molecule has 0 radical (unpaired) electrons. The van der Waals surface area contributed by atoms with Gasteiger partial charge < -0.3 is 14.8 Å². The van der Waals surface area contributed by atoms with E-state index in [-0.39, 0.29) is 12.0 Å². The van der Waals surface area contributed by atoms with Crippen molar-refractivity contribution in [1.29, 1.82) is 0 Å². The summed E-state index contributed by atoms with van der Waals surface area (Å²) in [6.07, 6.45) is 2.76. The lowest BCUT2D eigenvalue weighted by atomic mass is 10.2. The summed E-state index contributed by atoms with van der Waals surface area (Å²) < 4.78 is 10.3. The molecule has 6 heteroatoms. The quantitative estimate of drug-likeness (QED) is 0.732. The van der Waals surface area contributed by atoms with Gasteiger partial charge >= 0.3 is 5.97 Å². The van der Waals surface area contributed by atoms with E-state index in [1.54, 1.807) is 11.8 Å².